The average molecular weight is 531 g/mol. The van der Waals surface area contributed by atoms with Crippen molar-refractivity contribution < 1.29 is 14.0 Å². The molecule has 1 atom stereocenters. The Morgan fingerprint density at radius 3 is 2.72 bits per heavy atom. The molecule has 1 N–H and O–H groups in total. The minimum Gasteiger partial charge on any atom is -0.338 e. The summed E-state index contributed by atoms with van der Waals surface area (Å²) in [7, 11) is 0. The molecular weight excluding hydrogens is 495 g/mol. The van der Waals surface area contributed by atoms with Crippen LogP contribution in [0, 0.1) is 23.6 Å². The molecule has 39 heavy (non-hydrogen) atoms. The topological polar surface area (TPSA) is 93.0 Å². The van der Waals surface area contributed by atoms with Gasteiger partial charge in [0.2, 0.25) is 5.91 Å². The molecule has 0 unspecified atom stereocenters. The summed E-state index contributed by atoms with van der Waals surface area (Å²) < 4.78 is 17.2. The van der Waals surface area contributed by atoms with E-state index in [9.17, 15) is 9.59 Å². The zero-order valence-corrected chi connectivity index (χ0v) is 22.6. The summed E-state index contributed by atoms with van der Waals surface area (Å²) in [5.41, 5.74) is 2.25. The second-order valence-corrected chi connectivity index (χ2v) is 11.6. The Hall–Kier alpha value is -3.62. The molecule has 0 spiro atoms. The number of nitrogens with zero attached hydrogens (tertiary/aromatic N) is 5. The van der Waals surface area contributed by atoms with Gasteiger partial charge in [0.05, 0.1) is 5.56 Å². The lowest BCUT2D eigenvalue weighted by atomic mass is 9.90. The van der Waals surface area contributed by atoms with Crippen molar-refractivity contribution >= 4 is 17.6 Å². The lowest BCUT2D eigenvalue weighted by Crippen LogP contribution is -2.41. The summed E-state index contributed by atoms with van der Waals surface area (Å²) in [6.45, 7) is 6.15. The molecule has 0 saturated heterocycles. The van der Waals surface area contributed by atoms with Crippen LogP contribution in [0.2, 0.25) is 0 Å². The van der Waals surface area contributed by atoms with Crippen molar-refractivity contribution in [2.24, 2.45) is 17.8 Å². The van der Waals surface area contributed by atoms with E-state index < -0.39 is 11.7 Å². The Kier molecular flexibility index (Phi) is 6.91. The van der Waals surface area contributed by atoms with Crippen molar-refractivity contribution in [3.63, 3.8) is 0 Å². The molecule has 3 aromatic rings. The average Bonchev–Trinajstić information content (AvgIpc) is 3.68. The molecule has 1 fully saturated rings. The summed E-state index contributed by atoms with van der Waals surface area (Å²) in [6.07, 6.45) is 6.78. The van der Waals surface area contributed by atoms with Gasteiger partial charge >= 0.3 is 0 Å². The maximum Gasteiger partial charge on any atom is 0.259 e. The van der Waals surface area contributed by atoms with Crippen LogP contribution in [0.5, 0.6) is 0 Å². The number of pyridine rings is 1. The number of hydrogen-bond acceptors (Lipinski definition) is 5. The largest absolute Gasteiger partial charge is 0.338 e. The number of rotatable bonds is 7. The van der Waals surface area contributed by atoms with E-state index in [1.165, 1.54) is 6.07 Å². The zero-order valence-electron chi connectivity index (χ0n) is 22.6. The van der Waals surface area contributed by atoms with Gasteiger partial charge in [0, 0.05) is 32.0 Å². The number of fused-ring (bicyclic) bond motifs is 2. The van der Waals surface area contributed by atoms with Gasteiger partial charge in [0.15, 0.2) is 5.82 Å². The van der Waals surface area contributed by atoms with Crippen molar-refractivity contribution in [3.8, 4) is 11.5 Å². The van der Waals surface area contributed by atoms with Gasteiger partial charge in [-0.1, -0.05) is 19.9 Å². The van der Waals surface area contributed by atoms with Crippen LogP contribution < -0.4 is 5.32 Å². The smallest absolute Gasteiger partial charge is 0.259 e. The van der Waals surface area contributed by atoms with Crippen LogP contribution >= 0.6 is 0 Å². The number of carbonyl (C=O) groups excluding carboxylic acids is 2. The van der Waals surface area contributed by atoms with Crippen molar-refractivity contribution in [1.82, 2.24) is 24.6 Å². The highest BCUT2D eigenvalue weighted by Crippen LogP contribution is 2.41. The molecule has 2 aromatic heterocycles. The van der Waals surface area contributed by atoms with Crippen molar-refractivity contribution in [2.75, 3.05) is 11.9 Å². The molecule has 2 amide bonds. The minimum absolute atomic E-state index is 0.0453. The van der Waals surface area contributed by atoms with Crippen molar-refractivity contribution in [3.05, 3.63) is 58.7 Å². The van der Waals surface area contributed by atoms with E-state index in [1.54, 1.807) is 18.2 Å². The predicted octanol–water partition coefficient (Wildman–Crippen LogP) is 5.02. The Labute approximate surface area is 228 Å². The van der Waals surface area contributed by atoms with Crippen molar-refractivity contribution in [1.29, 1.82) is 0 Å². The Morgan fingerprint density at radius 2 is 1.92 bits per heavy atom. The first-order valence-corrected chi connectivity index (χ1v) is 14.2. The lowest BCUT2D eigenvalue weighted by Gasteiger charge is -2.33. The monoisotopic (exact) mass is 530 g/mol. The molecule has 6 rings (SSSR count). The number of carbonyl (C=O) groups is 2. The van der Waals surface area contributed by atoms with Gasteiger partial charge in [-0.3, -0.25) is 9.59 Å². The van der Waals surface area contributed by atoms with Crippen LogP contribution in [0.25, 0.3) is 11.5 Å². The summed E-state index contributed by atoms with van der Waals surface area (Å²) in [4.78, 5) is 33.1. The number of aromatic nitrogens is 4. The van der Waals surface area contributed by atoms with Gasteiger partial charge in [0.1, 0.15) is 23.2 Å². The molecular formula is C30H35FN6O2. The fourth-order valence-electron chi connectivity index (χ4n) is 5.99. The summed E-state index contributed by atoms with van der Waals surface area (Å²) in [5.74, 6) is 2.02. The van der Waals surface area contributed by atoms with E-state index in [0.717, 1.165) is 62.0 Å². The first-order chi connectivity index (χ1) is 18.9. The molecule has 204 valence electrons. The number of nitrogens with one attached hydrogen (secondary N) is 1. The van der Waals surface area contributed by atoms with Crippen LogP contribution in [0.4, 0.5) is 10.2 Å². The third-order valence-corrected chi connectivity index (χ3v) is 8.17. The summed E-state index contributed by atoms with van der Waals surface area (Å²) >= 11 is 0. The minimum atomic E-state index is -0.567. The maximum absolute atomic E-state index is 15.1. The fourth-order valence-corrected chi connectivity index (χ4v) is 5.99. The van der Waals surface area contributed by atoms with E-state index in [0.29, 0.717) is 48.7 Å². The molecule has 3 aliphatic rings. The molecule has 4 heterocycles. The standard InChI is InChI=1S/C30H35FN6O2/c1-18(2)14-22(19-9-10-19)30(39)36-13-11-20-16-24(31)23(15-21(20)17-36)29(38)33-26-7-5-6-25(32-26)28-35-34-27-8-3-4-12-37(27)28/h5-7,15-16,18-19,22H,3-4,8-14,17H2,1-2H3,(H,32,33,38)/t22-/m1/s1. The van der Waals surface area contributed by atoms with Crippen LogP contribution in [0.1, 0.15) is 73.3 Å². The second-order valence-electron chi connectivity index (χ2n) is 11.6. The number of hydrogen-bond donors (Lipinski definition) is 1. The summed E-state index contributed by atoms with van der Waals surface area (Å²) in [5, 5.41) is 11.4. The third-order valence-electron chi connectivity index (χ3n) is 8.17. The normalized spacial score (nSPS) is 17.5. The molecule has 0 radical (unpaired) electrons. The molecule has 9 heteroatoms. The van der Waals surface area contributed by atoms with Gasteiger partial charge in [-0.2, -0.15) is 0 Å². The SMILES string of the molecule is CC(C)C[C@@H](C(=O)N1CCc2cc(F)c(C(=O)Nc3cccc(-c4nnc5n4CCCC5)n3)cc2C1)C1CC1. The number of amides is 2. The molecule has 1 aromatic carbocycles. The van der Waals surface area contributed by atoms with Gasteiger partial charge < -0.3 is 14.8 Å². The first kappa shape index (κ1) is 25.6. The molecule has 8 nitrogen and oxygen atoms in total. The molecule has 1 saturated carbocycles. The van der Waals surface area contributed by atoms with Crippen LogP contribution in [0.3, 0.4) is 0 Å². The molecule has 2 aliphatic heterocycles. The second kappa shape index (κ2) is 10.5. The van der Waals surface area contributed by atoms with Crippen LogP contribution in [0.15, 0.2) is 30.3 Å². The predicted molar refractivity (Wildman–Crippen MR) is 145 cm³/mol. The molecule has 0 bridgehead atoms. The molecule has 1 aliphatic carbocycles. The Morgan fingerprint density at radius 1 is 1.08 bits per heavy atom. The lowest BCUT2D eigenvalue weighted by molar-refractivity contribution is -0.137. The number of halogens is 1. The Balaban J connectivity index is 1.19. The van der Waals surface area contributed by atoms with Crippen molar-refractivity contribution in [2.45, 2.75) is 71.9 Å². The number of aryl methyl sites for hydroxylation is 1. The quantitative estimate of drug-likeness (QED) is 0.463. The van der Waals surface area contributed by atoms with Gasteiger partial charge in [-0.15, -0.1) is 10.2 Å². The first-order valence-electron chi connectivity index (χ1n) is 14.2. The van der Waals surface area contributed by atoms with E-state index >= 15 is 4.39 Å². The highest BCUT2D eigenvalue weighted by Gasteiger charge is 2.39. The van der Waals surface area contributed by atoms with E-state index in [2.05, 4.69) is 38.9 Å². The number of benzene rings is 1. The maximum atomic E-state index is 15.1. The highest BCUT2D eigenvalue weighted by atomic mass is 19.1. The van der Waals surface area contributed by atoms with Crippen LogP contribution in [-0.2, 0) is 30.7 Å². The van der Waals surface area contributed by atoms with Gasteiger partial charge in [-0.05, 0) is 85.8 Å². The van der Waals surface area contributed by atoms with E-state index in [-0.39, 0.29) is 17.4 Å². The fraction of sp³-hybridized carbons (Fsp3) is 0.500. The highest BCUT2D eigenvalue weighted by molar-refractivity contribution is 6.04. The third kappa shape index (κ3) is 5.31. The number of anilines is 1. The zero-order chi connectivity index (χ0) is 27.1. The van der Waals surface area contributed by atoms with Gasteiger partial charge in [0.25, 0.3) is 5.91 Å². The van der Waals surface area contributed by atoms with E-state index in [1.807, 2.05) is 11.0 Å². The van der Waals surface area contributed by atoms with Gasteiger partial charge in [-0.25, -0.2) is 9.37 Å². The Bertz CT molecular complexity index is 1410. The summed E-state index contributed by atoms with van der Waals surface area (Å²) in [6, 6.07) is 8.36. The van der Waals surface area contributed by atoms with Crippen LogP contribution in [-0.4, -0.2) is 43.0 Å². The van der Waals surface area contributed by atoms with E-state index in [4.69, 9.17) is 0 Å².